The van der Waals surface area contributed by atoms with Gasteiger partial charge in [-0.15, -0.1) is 0 Å². The summed E-state index contributed by atoms with van der Waals surface area (Å²) in [6.45, 7) is -0.391. The number of H-pyrrole nitrogens is 1. The Hall–Kier alpha value is -4.68. The maximum absolute atomic E-state index is 14.8. The molecule has 0 aliphatic carbocycles. The van der Waals surface area contributed by atoms with Crippen LogP contribution in [0, 0.1) is 11.6 Å². The number of halogens is 3. The molecule has 0 radical (unpaired) electrons. The number of rotatable bonds is 8. The first kappa shape index (κ1) is 28.8. The van der Waals surface area contributed by atoms with Crippen LogP contribution < -0.4 is 19.8 Å². The second-order valence-electron chi connectivity index (χ2n) is 9.07. The van der Waals surface area contributed by atoms with Gasteiger partial charge >= 0.3 is 0 Å². The van der Waals surface area contributed by atoms with Crippen molar-refractivity contribution >= 4 is 38.4 Å². The van der Waals surface area contributed by atoms with Gasteiger partial charge in [0.1, 0.15) is 33.7 Å². The Balaban J connectivity index is 1.78. The van der Waals surface area contributed by atoms with E-state index in [0.29, 0.717) is 10.9 Å². The number of methoxy groups -OCH3 is 2. The summed E-state index contributed by atoms with van der Waals surface area (Å²) < 4.78 is 69.7. The third-order valence-corrected chi connectivity index (χ3v) is 8.14. The molecular formula is C29H22ClF2N3O6S. The molecule has 13 heteroatoms. The molecule has 1 amide bonds. The highest BCUT2D eigenvalue weighted by Crippen LogP contribution is 2.37. The van der Waals surface area contributed by atoms with Gasteiger partial charge in [-0.2, -0.15) is 0 Å². The molecule has 5 rings (SSSR count). The minimum absolute atomic E-state index is 0.0183. The molecule has 2 aromatic heterocycles. The van der Waals surface area contributed by atoms with Crippen LogP contribution in [0.4, 0.5) is 8.78 Å². The number of sulfonamides is 1. The summed E-state index contributed by atoms with van der Waals surface area (Å²) in [5.41, 5.74) is -0.649. The Morgan fingerprint density at radius 2 is 1.81 bits per heavy atom. The molecule has 3 aromatic carbocycles. The summed E-state index contributed by atoms with van der Waals surface area (Å²) in [5.74, 6) is -2.51. The number of nitrogens with one attached hydrogen (secondary N) is 2. The van der Waals surface area contributed by atoms with Gasteiger partial charge in [0, 0.05) is 44.9 Å². The molecule has 216 valence electrons. The number of aromatic amines is 1. The minimum Gasteiger partial charge on any atom is -0.497 e. The topological polar surface area (TPSA) is 119 Å². The summed E-state index contributed by atoms with van der Waals surface area (Å²) in [6.07, 6.45) is 1.39. The Kier molecular flexibility index (Phi) is 7.76. The van der Waals surface area contributed by atoms with E-state index in [1.807, 2.05) is 4.72 Å². The molecule has 5 aromatic rings. The molecule has 0 aliphatic rings. The molecule has 9 nitrogen and oxygen atoms in total. The van der Waals surface area contributed by atoms with E-state index in [0.717, 1.165) is 18.2 Å². The molecule has 0 atom stereocenters. The number of fused-ring (bicyclic) bond motifs is 1. The monoisotopic (exact) mass is 613 g/mol. The number of carbonyl (C=O) groups is 1. The van der Waals surface area contributed by atoms with Gasteiger partial charge in [-0.25, -0.2) is 21.9 Å². The molecule has 0 aliphatic heterocycles. The second-order valence-corrected chi connectivity index (χ2v) is 11.2. The molecule has 0 fully saturated rings. The Morgan fingerprint density at radius 3 is 2.52 bits per heavy atom. The number of benzene rings is 3. The van der Waals surface area contributed by atoms with E-state index in [-0.39, 0.29) is 38.9 Å². The summed E-state index contributed by atoms with van der Waals surface area (Å²) in [5, 5.41) is 0.559. The number of amides is 1. The number of carbonyl (C=O) groups excluding carboxylic acids is 1. The lowest BCUT2D eigenvalue weighted by atomic mass is 10.0. The van der Waals surface area contributed by atoms with Gasteiger partial charge in [-0.3, -0.25) is 9.59 Å². The van der Waals surface area contributed by atoms with Crippen molar-refractivity contribution in [2.45, 2.75) is 11.4 Å². The van der Waals surface area contributed by atoms with Gasteiger partial charge in [-0.05, 0) is 60.7 Å². The van der Waals surface area contributed by atoms with Crippen LogP contribution in [0.2, 0.25) is 5.02 Å². The van der Waals surface area contributed by atoms with Gasteiger partial charge in [0.05, 0.1) is 20.8 Å². The van der Waals surface area contributed by atoms with Crippen LogP contribution in [0.1, 0.15) is 16.1 Å². The van der Waals surface area contributed by atoms with Gasteiger partial charge in [0.2, 0.25) is 0 Å². The molecule has 42 heavy (non-hydrogen) atoms. The standard InChI is InChI=1S/C29H22ClF2N3O6S/c1-40-19-7-10-24(41-2)25(14-19)42(38,39)34-29(37)27-26(20-4-3-11-33-28(20)36)21-13-17(30)5-9-23(21)35(27)15-16-12-18(31)6-8-22(16)32/h3-14H,15H2,1-2H3,(H,33,36)(H,34,37). The Bertz CT molecular complexity index is 2020. The first-order valence-electron chi connectivity index (χ1n) is 12.3. The minimum atomic E-state index is -4.61. The Labute approximate surface area is 243 Å². The van der Waals surface area contributed by atoms with E-state index in [1.165, 1.54) is 73.5 Å². The maximum atomic E-state index is 14.8. The van der Waals surface area contributed by atoms with Crippen LogP contribution in [0.3, 0.4) is 0 Å². The van der Waals surface area contributed by atoms with Gasteiger partial charge < -0.3 is 19.0 Å². The zero-order chi connectivity index (χ0) is 30.2. The highest BCUT2D eigenvalue weighted by molar-refractivity contribution is 7.90. The lowest BCUT2D eigenvalue weighted by Gasteiger charge is -2.15. The predicted molar refractivity (Wildman–Crippen MR) is 153 cm³/mol. The van der Waals surface area contributed by atoms with Crippen LogP contribution in [0.5, 0.6) is 11.5 Å². The first-order valence-corrected chi connectivity index (χ1v) is 14.1. The van der Waals surface area contributed by atoms with Crippen LogP contribution in [-0.2, 0) is 16.6 Å². The molecule has 0 saturated carbocycles. The number of hydrogen-bond donors (Lipinski definition) is 2. The largest absolute Gasteiger partial charge is 0.497 e. The van der Waals surface area contributed by atoms with Gasteiger partial charge in [-0.1, -0.05) is 11.6 Å². The molecule has 0 saturated heterocycles. The van der Waals surface area contributed by atoms with Crippen molar-refractivity contribution in [1.29, 1.82) is 0 Å². The zero-order valence-electron chi connectivity index (χ0n) is 22.1. The lowest BCUT2D eigenvalue weighted by molar-refractivity contribution is 0.0974. The van der Waals surface area contributed by atoms with Crippen molar-refractivity contribution < 1.29 is 31.5 Å². The number of aromatic nitrogens is 2. The summed E-state index contributed by atoms with van der Waals surface area (Å²) >= 11 is 6.29. The van der Waals surface area contributed by atoms with Crippen molar-refractivity contribution in [3.8, 4) is 22.6 Å². The fraction of sp³-hybridized carbons (Fsp3) is 0.103. The summed E-state index contributed by atoms with van der Waals surface area (Å²) in [7, 11) is -2.00. The summed E-state index contributed by atoms with van der Waals surface area (Å²) in [4.78, 5) is 29.1. The van der Waals surface area contributed by atoms with E-state index >= 15 is 0 Å². The molecule has 0 bridgehead atoms. The van der Waals surface area contributed by atoms with Crippen LogP contribution >= 0.6 is 11.6 Å². The molecule has 2 N–H and O–H groups in total. The molecule has 2 heterocycles. The zero-order valence-corrected chi connectivity index (χ0v) is 23.6. The fourth-order valence-corrected chi connectivity index (χ4v) is 5.98. The quantitative estimate of drug-likeness (QED) is 0.251. The van der Waals surface area contributed by atoms with Crippen molar-refractivity contribution in [2.24, 2.45) is 0 Å². The van der Waals surface area contributed by atoms with Gasteiger partial charge in [0.15, 0.2) is 0 Å². The first-order chi connectivity index (χ1) is 20.0. The van der Waals surface area contributed by atoms with E-state index < -0.39 is 44.6 Å². The third-order valence-electron chi connectivity index (χ3n) is 6.55. The Morgan fingerprint density at radius 1 is 1.02 bits per heavy atom. The van der Waals surface area contributed by atoms with Crippen molar-refractivity contribution in [3.05, 3.63) is 111 Å². The molecular weight excluding hydrogens is 592 g/mol. The van der Waals surface area contributed by atoms with Crippen LogP contribution in [0.15, 0.2) is 82.6 Å². The van der Waals surface area contributed by atoms with Crippen molar-refractivity contribution in [2.75, 3.05) is 14.2 Å². The number of pyridine rings is 1. The van der Waals surface area contributed by atoms with E-state index in [1.54, 1.807) is 0 Å². The average Bonchev–Trinajstić information content (AvgIpc) is 3.27. The highest BCUT2D eigenvalue weighted by atomic mass is 35.5. The molecule has 0 unspecified atom stereocenters. The molecule has 0 spiro atoms. The van der Waals surface area contributed by atoms with Crippen molar-refractivity contribution in [3.63, 3.8) is 0 Å². The van der Waals surface area contributed by atoms with Crippen LogP contribution in [-0.4, -0.2) is 38.1 Å². The summed E-state index contributed by atoms with van der Waals surface area (Å²) in [6, 6.07) is 14.4. The fourth-order valence-electron chi connectivity index (χ4n) is 4.67. The second kappa shape index (κ2) is 11.3. The normalized spacial score (nSPS) is 11.5. The third kappa shape index (κ3) is 5.33. The highest BCUT2D eigenvalue weighted by Gasteiger charge is 2.31. The van der Waals surface area contributed by atoms with E-state index in [2.05, 4.69) is 4.98 Å². The SMILES string of the molecule is COc1ccc(OC)c(S(=O)(=O)NC(=O)c2c(-c3ccc[nH]c3=O)c3cc(Cl)ccc3n2Cc2cc(F)ccc2F)c1. The number of hydrogen-bond acceptors (Lipinski definition) is 6. The van der Waals surface area contributed by atoms with Gasteiger partial charge in [0.25, 0.3) is 21.5 Å². The van der Waals surface area contributed by atoms with E-state index in [4.69, 9.17) is 21.1 Å². The van der Waals surface area contributed by atoms with Crippen LogP contribution in [0.25, 0.3) is 22.0 Å². The predicted octanol–water partition coefficient (Wildman–Crippen LogP) is 5.11. The van der Waals surface area contributed by atoms with E-state index in [9.17, 15) is 26.8 Å². The van der Waals surface area contributed by atoms with Crippen molar-refractivity contribution in [1.82, 2.24) is 14.3 Å². The smallest absolute Gasteiger partial charge is 0.282 e. The average molecular weight is 614 g/mol. The number of ether oxygens (including phenoxy) is 2. The number of nitrogens with zero attached hydrogens (tertiary/aromatic N) is 1. The maximum Gasteiger partial charge on any atom is 0.282 e. The lowest BCUT2D eigenvalue weighted by Crippen LogP contribution is -2.33.